The van der Waals surface area contributed by atoms with Crippen molar-refractivity contribution in [3.05, 3.63) is 33.9 Å². The average Bonchev–Trinajstić information content (AvgIpc) is 2.29. The first kappa shape index (κ1) is 16.4. The van der Waals surface area contributed by atoms with E-state index in [-0.39, 0.29) is 29.9 Å². The van der Waals surface area contributed by atoms with Crippen LogP contribution in [0.1, 0.15) is 12.5 Å². The second-order valence-electron chi connectivity index (χ2n) is 4.95. The summed E-state index contributed by atoms with van der Waals surface area (Å²) in [5, 5.41) is 16.6. The number of nitrogens with one attached hydrogen (secondary N) is 2. The quantitative estimate of drug-likeness (QED) is 0.659. The van der Waals surface area contributed by atoms with Gasteiger partial charge in [0, 0.05) is 18.1 Å². The Morgan fingerprint density at radius 2 is 2.15 bits per heavy atom. The first-order chi connectivity index (χ1) is 8.99. The number of non-ortho nitro benzene ring substituents is 1. The summed E-state index contributed by atoms with van der Waals surface area (Å²) in [7, 11) is 0. The van der Waals surface area contributed by atoms with Gasteiger partial charge in [0.25, 0.3) is 5.69 Å². The number of amides is 1. The number of nitrogens with zero attached hydrogens (tertiary/aromatic N) is 1. The first-order valence-electron chi connectivity index (χ1n) is 6.25. The number of rotatable bonds is 4. The van der Waals surface area contributed by atoms with Gasteiger partial charge in [0.1, 0.15) is 0 Å². The number of benzene rings is 1. The molecule has 2 N–H and O–H groups in total. The molecule has 6 nitrogen and oxygen atoms in total. The van der Waals surface area contributed by atoms with Crippen molar-refractivity contribution >= 4 is 29.7 Å². The zero-order valence-corrected chi connectivity index (χ0v) is 12.2. The SMILES string of the molecule is Cc1ccc([N+](=O)[O-])cc1NC(=O)C(C)C1CNC1.Cl. The van der Waals surface area contributed by atoms with E-state index in [4.69, 9.17) is 0 Å². The largest absolute Gasteiger partial charge is 0.325 e. The molecule has 1 fully saturated rings. The van der Waals surface area contributed by atoms with Gasteiger partial charge in [-0.2, -0.15) is 0 Å². The van der Waals surface area contributed by atoms with Crippen LogP contribution in [0.3, 0.4) is 0 Å². The highest BCUT2D eigenvalue weighted by Gasteiger charge is 2.29. The van der Waals surface area contributed by atoms with Crippen LogP contribution in [0, 0.1) is 28.9 Å². The lowest BCUT2D eigenvalue weighted by Crippen LogP contribution is -2.48. The van der Waals surface area contributed by atoms with Gasteiger partial charge < -0.3 is 10.6 Å². The fourth-order valence-electron chi connectivity index (χ4n) is 1.98. The molecule has 1 heterocycles. The highest BCUT2D eigenvalue weighted by molar-refractivity contribution is 5.93. The molecule has 1 aliphatic rings. The molecule has 1 amide bonds. The highest BCUT2D eigenvalue weighted by atomic mass is 35.5. The standard InChI is InChI=1S/C13H17N3O3.ClH/c1-8-3-4-11(16(18)19)5-12(8)15-13(17)9(2)10-6-14-7-10;/h3-5,9-10,14H,6-7H2,1-2H3,(H,15,17);1H. The molecule has 1 aromatic rings. The minimum atomic E-state index is -0.464. The van der Waals surface area contributed by atoms with E-state index in [1.165, 1.54) is 12.1 Å². The second kappa shape index (κ2) is 6.67. The number of carbonyl (C=O) groups is 1. The summed E-state index contributed by atoms with van der Waals surface area (Å²) in [6.45, 7) is 5.40. The van der Waals surface area contributed by atoms with Gasteiger partial charge in [0.05, 0.1) is 10.6 Å². The molecule has 0 spiro atoms. The molecule has 1 saturated heterocycles. The van der Waals surface area contributed by atoms with Gasteiger partial charge >= 0.3 is 0 Å². The summed E-state index contributed by atoms with van der Waals surface area (Å²) in [6.07, 6.45) is 0. The van der Waals surface area contributed by atoms with Gasteiger partial charge in [0.15, 0.2) is 0 Å². The average molecular weight is 300 g/mol. The van der Waals surface area contributed by atoms with E-state index in [1.54, 1.807) is 6.07 Å². The number of hydrogen-bond donors (Lipinski definition) is 2. The van der Waals surface area contributed by atoms with Crippen molar-refractivity contribution in [2.45, 2.75) is 13.8 Å². The third-order valence-electron chi connectivity index (χ3n) is 3.62. The first-order valence-corrected chi connectivity index (χ1v) is 6.25. The van der Waals surface area contributed by atoms with Gasteiger partial charge in [0.2, 0.25) is 5.91 Å². The Morgan fingerprint density at radius 3 is 2.65 bits per heavy atom. The molecule has 1 aliphatic heterocycles. The fraction of sp³-hybridized carbons (Fsp3) is 0.462. The predicted octanol–water partition coefficient (Wildman–Crippen LogP) is 2.12. The van der Waals surface area contributed by atoms with E-state index in [9.17, 15) is 14.9 Å². The van der Waals surface area contributed by atoms with Crippen LogP contribution in [0.15, 0.2) is 18.2 Å². The van der Waals surface area contributed by atoms with Crippen LogP contribution in [-0.4, -0.2) is 23.9 Å². The lowest BCUT2D eigenvalue weighted by Gasteiger charge is -2.31. The van der Waals surface area contributed by atoms with Crippen molar-refractivity contribution in [2.24, 2.45) is 11.8 Å². The van der Waals surface area contributed by atoms with E-state index < -0.39 is 4.92 Å². The van der Waals surface area contributed by atoms with Crippen molar-refractivity contribution in [1.29, 1.82) is 0 Å². The second-order valence-corrected chi connectivity index (χ2v) is 4.95. The number of hydrogen-bond acceptors (Lipinski definition) is 4. The Hall–Kier alpha value is -1.66. The molecule has 1 atom stereocenters. The van der Waals surface area contributed by atoms with E-state index >= 15 is 0 Å². The number of nitro benzene ring substituents is 1. The molecule has 20 heavy (non-hydrogen) atoms. The topological polar surface area (TPSA) is 84.3 Å². The summed E-state index contributed by atoms with van der Waals surface area (Å²) >= 11 is 0. The van der Waals surface area contributed by atoms with Crippen LogP contribution in [0.2, 0.25) is 0 Å². The van der Waals surface area contributed by atoms with Crippen molar-refractivity contribution in [1.82, 2.24) is 5.32 Å². The number of carbonyl (C=O) groups excluding carboxylic acids is 1. The zero-order chi connectivity index (χ0) is 14.0. The van der Waals surface area contributed by atoms with E-state index in [0.29, 0.717) is 11.6 Å². The maximum absolute atomic E-state index is 12.1. The van der Waals surface area contributed by atoms with E-state index in [2.05, 4.69) is 10.6 Å². The molecular formula is C13H18ClN3O3. The third-order valence-corrected chi connectivity index (χ3v) is 3.62. The van der Waals surface area contributed by atoms with Crippen LogP contribution in [0.25, 0.3) is 0 Å². The third kappa shape index (κ3) is 3.46. The van der Waals surface area contributed by atoms with Crippen molar-refractivity contribution in [3.63, 3.8) is 0 Å². The van der Waals surface area contributed by atoms with Crippen LogP contribution in [0.5, 0.6) is 0 Å². The van der Waals surface area contributed by atoms with Gasteiger partial charge in [-0.05, 0) is 31.5 Å². The monoisotopic (exact) mass is 299 g/mol. The Morgan fingerprint density at radius 1 is 1.50 bits per heavy atom. The highest BCUT2D eigenvalue weighted by Crippen LogP contribution is 2.24. The van der Waals surface area contributed by atoms with Crippen molar-refractivity contribution in [2.75, 3.05) is 18.4 Å². The minimum Gasteiger partial charge on any atom is -0.325 e. The van der Waals surface area contributed by atoms with Crippen LogP contribution < -0.4 is 10.6 Å². The lowest BCUT2D eigenvalue weighted by molar-refractivity contribution is -0.384. The zero-order valence-electron chi connectivity index (χ0n) is 11.4. The number of anilines is 1. The summed E-state index contributed by atoms with van der Waals surface area (Å²) in [5.74, 6) is 0.161. The molecule has 7 heteroatoms. The maximum atomic E-state index is 12.1. The molecule has 0 bridgehead atoms. The Balaban J connectivity index is 0.00000200. The number of nitro groups is 1. The normalized spacial score (nSPS) is 15.7. The summed E-state index contributed by atoms with van der Waals surface area (Å²) in [6, 6.07) is 4.48. The Labute approximate surface area is 123 Å². The molecule has 0 radical (unpaired) electrons. The molecule has 2 rings (SSSR count). The lowest BCUT2D eigenvalue weighted by atomic mass is 9.88. The molecule has 110 valence electrons. The van der Waals surface area contributed by atoms with Crippen LogP contribution >= 0.6 is 12.4 Å². The van der Waals surface area contributed by atoms with E-state index in [1.807, 2.05) is 13.8 Å². The summed E-state index contributed by atoms with van der Waals surface area (Å²) < 4.78 is 0. The Kier molecular flexibility index (Phi) is 5.47. The Bertz CT molecular complexity index is 518. The molecule has 0 aromatic heterocycles. The number of halogens is 1. The van der Waals surface area contributed by atoms with Crippen molar-refractivity contribution < 1.29 is 9.72 Å². The van der Waals surface area contributed by atoms with Crippen LogP contribution in [0.4, 0.5) is 11.4 Å². The fourth-order valence-corrected chi connectivity index (χ4v) is 1.98. The van der Waals surface area contributed by atoms with Crippen LogP contribution in [-0.2, 0) is 4.79 Å². The van der Waals surface area contributed by atoms with E-state index in [0.717, 1.165) is 18.7 Å². The molecule has 1 unspecified atom stereocenters. The summed E-state index contributed by atoms with van der Waals surface area (Å²) in [4.78, 5) is 22.3. The maximum Gasteiger partial charge on any atom is 0.271 e. The minimum absolute atomic E-state index is 0. The summed E-state index contributed by atoms with van der Waals surface area (Å²) in [5.41, 5.74) is 1.31. The van der Waals surface area contributed by atoms with Gasteiger partial charge in [-0.3, -0.25) is 14.9 Å². The number of aryl methyl sites for hydroxylation is 1. The van der Waals surface area contributed by atoms with Gasteiger partial charge in [-0.1, -0.05) is 13.0 Å². The predicted molar refractivity (Wildman–Crippen MR) is 79.2 cm³/mol. The van der Waals surface area contributed by atoms with Gasteiger partial charge in [-0.25, -0.2) is 0 Å². The van der Waals surface area contributed by atoms with Gasteiger partial charge in [-0.15, -0.1) is 12.4 Å². The molecule has 0 aliphatic carbocycles. The molecule has 0 saturated carbocycles. The molecule has 1 aromatic carbocycles. The molecular weight excluding hydrogens is 282 g/mol. The smallest absolute Gasteiger partial charge is 0.271 e. The van der Waals surface area contributed by atoms with Crippen molar-refractivity contribution in [3.8, 4) is 0 Å².